The average molecular weight is 639 g/mol. The Morgan fingerprint density at radius 3 is 2.43 bits per heavy atom. The second kappa shape index (κ2) is 15.4. The lowest BCUT2D eigenvalue weighted by molar-refractivity contribution is -0.138. The van der Waals surface area contributed by atoms with Crippen LogP contribution in [0.2, 0.25) is 0 Å². The predicted molar refractivity (Wildman–Crippen MR) is 169 cm³/mol. The van der Waals surface area contributed by atoms with Gasteiger partial charge < -0.3 is 24.4 Å². The van der Waals surface area contributed by atoms with Crippen LogP contribution in [0.15, 0.2) is 48.8 Å². The minimum absolute atomic E-state index is 0.0474. The highest BCUT2D eigenvalue weighted by Gasteiger charge is 2.40. The molecule has 9 nitrogen and oxygen atoms in total. The highest BCUT2D eigenvalue weighted by Crippen LogP contribution is 2.40. The highest BCUT2D eigenvalue weighted by molar-refractivity contribution is 6.10. The van der Waals surface area contributed by atoms with Crippen molar-refractivity contribution in [2.45, 2.75) is 64.4 Å². The first-order valence-electron chi connectivity index (χ1n) is 15.3. The number of alkyl halides is 3. The zero-order valence-corrected chi connectivity index (χ0v) is 26.9. The molecule has 0 bridgehead atoms. The van der Waals surface area contributed by atoms with Gasteiger partial charge in [-0.2, -0.15) is 13.2 Å². The van der Waals surface area contributed by atoms with Crippen LogP contribution in [-0.2, 0) is 35.8 Å². The minimum atomic E-state index is -4.49. The van der Waals surface area contributed by atoms with Crippen molar-refractivity contribution in [1.82, 2.24) is 25.0 Å². The smallest absolute Gasteiger partial charge is 0.380 e. The van der Waals surface area contributed by atoms with Gasteiger partial charge in [0.05, 0.1) is 18.2 Å². The number of carbonyl (C=O) groups excluding carboxylic acids is 2. The summed E-state index contributed by atoms with van der Waals surface area (Å²) >= 11 is 0. The number of aryl methyl sites for hydroxylation is 1. The van der Waals surface area contributed by atoms with E-state index in [2.05, 4.69) is 34.3 Å². The van der Waals surface area contributed by atoms with Crippen molar-refractivity contribution in [1.29, 1.82) is 0 Å². The number of rotatable bonds is 5. The van der Waals surface area contributed by atoms with Gasteiger partial charge in [-0.05, 0) is 80.5 Å². The number of anilines is 1. The number of hydrogen-bond acceptors (Lipinski definition) is 6. The number of aromatic nitrogens is 3. The van der Waals surface area contributed by atoms with Crippen LogP contribution >= 0.6 is 0 Å². The molecule has 2 aliphatic heterocycles. The van der Waals surface area contributed by atoms with E-state index < -0.39 is 17.6 Å². The SMILES string of the molecule is CC#CC(=O)N1CCC(OC)C1.CC1CC(c2nncn2C)C1.CNCc1cc2c(c(C(F)(F)F)c1)CN(c1ccccc1)C2=O. The molecule has 1 aromatic heterocycles. The third-order valence-electron chi connectivity index (χ3n) is 8.34. The van der Waals surface area contributed by atoms with Gasteiger partial charge in [0.15, 0.2) is 0 Å². The number of carbonyl (C=O) groups is 2. The number of ether oxygens (including phenoxy) is 1. The number of benzene rings is 2. The van der Waals surface area contributed by atoms with Gasteiger partial charge in [0.1, 0.15) is 12.2 Å². The number of hydrogen-bond donors (Lipinski definition) is 1. The number of nitrogens with one attached hydrogen (secondary N) is 1. The van der Waals surface area contributed by atoms with E-state index in [-0.39, 0.29) is 36.2 Å². The fourth-order valence-electron chi connectivity index (χ4n) is 5.91. The second-order valence-electron chi connectivity index (χ2n) is 11.8. The molecule has 1 atom stereocenters. The summed E-state index contributed by atoms with van der Waals surface area (Å²) in [6.07, 6.45) is 0.985. The number of methoxy groups -OCH3 is 1. The Balaban J connectivity index is 0.000000175. The monoisotopic (exact) mass is 638 g/mol. The third-order valence-corrected chi connectivity index (χ3v) is 8.34. The molecule has 246 valence electrons. The van der Waals surface area contributed by atoms with E-state index in [1.807, 2.05) is 11.6 Å². The lowest BCUT2D eigenvalue weighted by Crippen LogP contribution is -2.28. The maximum atomic E-state index is 13.4. The van der Waals surface area contributed by atoms with E-state index in [1.165, 1.54) is 17.7 Å². The Labute approximate surface area is 268 Å². The first-order chi connectivity index (χ1) is 22.0. The van der Waals surface area contributed by atoms with Crippen LogP contribution in [0.25, 0.3) is 0 Å². The van der Waals surface area contributed by atoms with Gasteiger partial charge in [0.2, 0.25) is 0 Å². The van der Waals surface area contributed by atoms with Crippen molar-refractivity contribution in [2.75, 3.05) is 32.1 Å². The molecule has 12 heteroatoms. The Kier molecular flexibility index (Phi) is 11.6. The summed E-state index contributed by atoms with van der Waals surface area (Å²) in [5, 5.41) is 10.8. The Morgan fingerprint density at radius 1 is 1.17 bits per heavy atom. The van der Waals surface area contributed by atoms with Gasteiger partial charge in [-0.25, -0.2) is 0 Å². The van der Waals surface area contributed by atoms with E-state index in [9.17, 15) is 22.8 Å². The van der Waals surface area contributed by atoms with Crippen LogP contribution < -0.4 is 10.2 Å². The van der Waals surface area contributed by atoms with Crippen LogP contribution in [0.3, 0.4) is 0 Å². The van der Waals surface area contributed by atoms with Crippen molar-refractivity contribution >= 4 is 17.5 Å². The summed E-state index contributed by atoms with van der Waals surface area (Å²) in [6, 6.07) is 11.4. The van der Waals surface area contributed by atoms with Crippen molar-refractivity contribution in [3.8, 4) is 11.8 Å². The topological polar surface area (TPSA) is 92.6 Å². The van der Waals surface area contributed by atoms with E-state index in [1.54, 1.807) is 68.7 Å². The van der Waals surface area contributed by atoms with Crippen molar-refractivity contribution in [3.63, 3.8) is 0 Å². The molecule has 1 N–H and O–H groups in total. The molecule has 3 heterocycles. The zero-order chi connectivity index (χ0) is 33.4. The normalized spacial score (nSPS) is 20.0. The number of likely N-dealkylation sites (tertiary alicyclic amines) is 1. The molecule has 0 radical (unpaired) electrons. The molecule has 3 aliphatic rings. The fraction of sp³-hybridized carbons (Fsp3) is 0.471. The number of halogens is 3. The second-order valence-corrected chi connectivity index (χ2v) is 11.8. The fourth-order valence-corrected chi connectivity index (χ4v) is 5.91. The van der Waals surface area contributed by atoms with Crippen molar-refractivity contribution in [2.24, 2.45) is 13.0 Å². The van der Waals surface area contributed by atoms with E-state index in [4.69, 9.17) is 4.74 Å². The molecular formula is C34H41F3N6O3. The van der Waals surface area contributed by atoms with Gasteiger partial charge in [-0.1, -0.05) is 31.0 Å². The summed E-state index contributed by atoms with van der Waals surface area (Å²) < 4.78 is 47.3. The Morgan fingerprint density at radius 2 is 1.89 bits per heavy atom. The highest BCUT2D eigenvalue weighted by atomic mass is 19.4. The van der Waals surface area contributed by atoms with E-state index in [0.717, 1.165) is 30.8 Å². The summed E-state index contributed by atoms with van der Waals surface area (Å²) in [5.74, 6) is 7.35. The predicted octanol–water partition coefficient (Wildman–Crippen LogP) is 5.17. The van der Waals surface area contributed by atoms with Gasteiger partial charge in [0, 0.05) is 51.0 Å². The summed E-state index contributed by atoms with van der Waals surface area (Å²) in [4.78, 5) is 26.9. The molecule has 2 amide bonds. The van der Waals surface area contributed by atoms with E-state index >= 15 is 0 Å². The van der Waals surface area contributed by atoms with Crippen LogP contribution in [0.5, 0.6) is 0 Å². The molecule has 1 saturated carbocycles. The zero-order valence-electron chi connectivity index (χ0n) is 26.9. The molecule has 6 rings (SSSR count). The van der Waals surface area contributed by atoms with Crippen LogP contribution in [0, 0.1) is 17.8 Å². The van der Waals surface area contributed by atoms with Crippen molar-refractivity contribution in [3.05, 3.63) is 76.9 Å². The van der Waals surface area contributed by atoms with Crippen molar-refractivity contribution < 1.29 is 27.5 Å². The van der Waals surface area contributed by atoms with Gasteiger partial charge in [-0.3, -0.25) is 9.59 Å². The van der Waals surface area contributed by atoms with Crippen LogP contribution in [-0.4, -0.2) is 64.8 Å². The lowest BCUT2D eigenvalue weighted by Gasteiger charge is -2.31. The number of para-hydroxylation sites is 1. The summed E-state index contributed by atoms with van der Waals surface area (Å²) in [7, 11) is 5.33. The summed E-state index contributed by atoms with van der Waals surface area (Å²) in [6.45, 7) is 5.62. The Bertz CT molecular complexity index is 1560. The van der Waals surface area contributed by atoms with Gasteiger partial charge in [0.25, 0.3) is 11.8 Å². The first kappa shape index (κ1) is 34.7. The first-order valence-corrected chi connectivity index (χ1v) is 15.3. The molecule has 1 aliphatic carbocycles. The quantitative estimate of drug-likeness (QED) is 0.388. The lowest BCUT2D eigenvalue weighted by atomic mass is 9.76. The molecular weight excluding hydrogens is 597 g/mol. The standard InChI is InChI=1S/C17H15F3N2O.C9H13NO2.C8H13N3/c1-21-9-11-7-13-14(15(8-11)17(18,19)20)10-22(16(13)23)12-5-3-2-4-6-12;1-3-4-9(11)10-6-5-8(7-10)12-2;1-6-3-7(4-6)8-10-9-5-11(8)2/h2-8,21H,9-10H2,1H3;8H,5-7H2,1-2H3;5-7H,3-4H2,1-2H3. The number of fused-ring (bicyclic) bond motifs is 1. The maximum absolute atomic E-state index is 13.4. The molecule has 1 saturated heterocycles. The summed E-state index contributed by atoms with van der Waals surface area (Å²) in [5.41, 5.74) is 0.492. The Hall–Kier alpha value is -4.21. The number of amides is 2. The average Bonchev–Trinajstić information content (AvgIpc) is 3.75. The van der Waals surface area contributed by atoms with Gasteiger partial charge in [-0.15, -0.1) is 10.2 Å². The minimum Gasteiger partial charge on any atom is -0.380 e. The van der Waals surface area contributed by atoms with Gasteiger partial charge >= 0.3 is 6.18 Å². The molecule has 0 spiro atoms. The molecule has 3 aromatic rings. The largest absolute Gasteiger partial charge is 0.416 e. The van der Waals surface area contributed by atoms with E-state index in [0.29, 0.717) is 23.7 Å². The van der Waals surface area contributed by atoms with Crippen LogP contribution in [0.1, 0.15) is 71.9 Å². The maximum Gasteiger partial charge on any atom is 0.416 e. The molecule has 2 aromatic carbocycles. The number of nitrogens with zero attached hydrogens (tertiary/aromatic N) is 5. The molecule has 1 unspecified atom stereocenters. The third kappa shape index (κ3) is 8.33. The molecule has 46 heavy (non-hydrogen) atoms. The van der Waals surface area contributed by atoms with Crippen LogP contribution in [0.4, 0.5) is 18.9 Å². The molecule has 2 fully saturated rings.